The van der Waals surface area contributed by atoms with Crippen molar-refractivity contribution in [2.45, 2.75) is 71.4 Å². The molecule has 1 saturated carbocycles. The van der Waals surface area contributed by atoms with Crippen molar-refractivity contribution in [1.29, 1.82) is 0 Å². The zero-order valence-electron chi connectivity index (χ0n) is 12.9. The highest BCUT2D eigenvalue weighted by molar-refractivity contribution is 5.09. The first-order chi connectivity index (χ1) is 8.96. The molecule has 1 aliphatic carbocycles. The molecule has 19 heavy (non-hydrogen) atoms. The smallest absolute Gasteiger partial charge is 0.0643 e. The number of aromatic nitrogens is 2. The first kappa shape index (κ1) is 14.6. The van der Waals surface area contributed by atoms with Crippen molar-refractivity contribution >= 4 is 0 Å². The van der Waals surface area contributed by atoms with E-state index in [-0.39, 0.29) is 5.54 Å². The van der Waals surface area contributed by atoms with Gasteiger partial charge in [-0.2, -0.15) is 5.10 Å². The zero-order valence-corrected chi connectivity index (χ0v) is 12.9. The third kappa shape index (κ3) is 3.02. The summed E-state index contributed by atoms with van der Waals surface area (Å²) in [6.45, 7) is 9.06. The molecule has 2 N–H and O–H groups in total. The highest BCUT2D eigenvalue weighted by atomic mass is 15.3. The molecule has 0 bridgehead atoms. The van der Waals surface area contributed by atoms with Gasteiger partial charge >= 0.3 is 0 Å². The highest BCUT2D eigenvalue weighted by Gasteiger charge is 2.38. The average Bonchev–Trinajstić information content (AvgIpc) is 2.83. The van der Waals surface area contributed by atoms with Crippen LogP contribution >= 0.6 is 0 Å². The van der Waals surface area contributed by atoms with Crippen LogP contribution in [0.1, 0.15) is 65.1 Å². The summed E-state index contributed by atoms with van der Waals surface area (Å²) in [7, 11) is 0. The van der Waals surface area contributed by atoms with Crippen molar-refractivity contribution < 1.29 is 0 Å². The second-order valence-electron chi connectivity index (χ2n) is 6.61. The molecule has 108 valence electrons. The predicted octanol–water partition coefficient (Wildman–Crippen LogP) is 3.55. The fourth-order valence-corrected chi connectivity index (χ4v) is 3.29. The Hall–Kier alpha value is -0.830. The molecule has 3 nitrogen and oxygen atoms in total. The topological polar surface area (TPSA) is 43.8 Å². The molecule has 0 spiro atoms. The lowest BCUT2D eigenvalue weighted by atomic mass is 9.67. The molecule has 1 fully saturated rings. The Morgan fingerprint density at radius 2 is 2.26 bits per heavy atom. The summed E-state index contributed by atoms with van der Waals surface area (Å²) in [4.78, 5) is 0. The van der Waals surface area contributed by atoms with Gasteiger partial charge in [0.1, 0.15) is 0 Å². The van der Waals surface area contributed by atoms with Gasteiger partial charge in [-0.05, 0) is 37.7 Å². The van der Waals surface area contributed by atoms with E-state index in [9.17, 15) is 0 Å². The predicted molar refractivity (Wildman–Crippen MR) is 80.0 cm³/mol. The van der Waals surface area contributed by atoms with Crippen LogP contribution in [0.4, 0.5) is 0 Å². The van der Waals surface area contributed by atoms with E-state index >= 15 is 0 Å². The van der Waals surface area contributed by atoms with Crippen LogP contribution in [0.3, 0.4) is 0 Å². The molecule has 1 heterocycles. The molecule has 4 atom stereocenters. The highest BCUT2D eigenvalue weighted by Crippen LogP contribution is 2.37. The van der Waals surface area contributed by atoms with Gasteiger partial charge < -0.3 is 5.73 Å². The Morgan fingerprint density at radius 3 is 2.95 bits per heavy atom. The van der Waals surface area contributed by atoms with Gasteiger partial charge in [-0.1, -0.05) is 33.6 Å². The fourth-order valence-electron chi connectivity index (χ4n) is 3.29. The molecule has 1 aliphatic rings. The van der Waals surface area contributed by atoms with Gasteiger partial charge in [-0.15, -0.1) is 0 Å². The Morgan fingerprint density at radius 1 is 1.53 bits per heavy atom. The summed E-state index contributed by atoms with van der Waals surface area (Å²) in [5.74, 6) is 1.31. The lowest BCUT2D eigenvalue weighted by molar-refractivity contribution is 0.142. The van der Waals surface area contributed by atoms with Crippen molar-refractivity contribution in [2.24, 2.45) is 17.6 Å². The third-order valence-corrected chi connectivity index (χ3v) is 5.28. The monoisotopic (exact) mass is 263 g/mol. The number of nitrogens with two attached hydrogens (primary N) is 1. The second kappa shape index (κ2) is 5.66. The minimum atomic E-state index is -0.0632. The fraction of sp³-hybridized carbons (Fsp3) is 0.812. The maximum absolute atomic E-state index is 6.69. The van der Waals surface area contributed by atoms with E-state index in [1.807, 2.05) is 0 Å². The lowest BCUT2D eigenvalue weighted by Crippen LogP contribution is -2.52. The van der Waals surface area contributed by atoms with Crippen LogP contribution in [0.2, 0.25) is 0 Å². The molecule has 0 radical (unpaired) electrons. The molecule has 0 amide bonds. The molecule has 1 aromatic rings. The minimum absolute atomic E-state index is 0.0632. The normalized spacial score (nSPS) is 33.3. The number of nitrogens with zero attached hydrogens (tertiary/aromatic N) is 2. The molecule has 3 heteroatoms. The van der Waals surface area contributed by atoms with Crippen molar-refractivity contribution in [3.05, 3.63) is 18.0 Å². The molecular weight excluding hydrogens is 234 g/mol. The number of hydrogen-bond acceptors (Lipinski definition) is 2. The molecule has 0 saturated heterocycles. The number of rotatable bonds is 4. The van der Waals surface area contributed by atoms with E-state index in [1.54, 1.807) is 0 Å². The van der Waals surface area contributed by atoms with E-state index in [4.69, 9.17) is 10.8 Å². The van der Waals surface area contributed by atoms with Gasteiger partial charge in [0, 0.05) is 24.2 Å². The summed E-state index contributed by atoms with van der Waals surface area (Å²) >= 11 is 0. The van der Waals surface area contributed by atoms with Gasteiger partial charge in [0.25, 0.3) is 0 Å². The lowest BCUT2D eigenvalue weighted by Gasteiger charge is -2.43. The second-order valence-corrected chi connectivity index (χ2v) is 6.61. The Balaban J connectivity index is 2.09. The average molecular weight is 263 g/mol. The SMILES string of the molecule is CCC(C)n1ccc(CC2(N)CCCC(C)C2C)n1. The van der Waals surface area contributed by atoms with Crippen LogP contribution in [0.25, 0.3) is 0 Å². The summed E-state index contributed by atoms with van der Waals surface area (Å²) in [5, 5.41) is 4.72. The maximum atomic E-state index is 6.69. The minimum Gasteiger partial charge on any atom is -0.324 e. The van der Waals surface area contributed by atoms with Crippen LogP contribution < -0.4 is 5.73 Å². The maximum Gasteiger partial charge on any atom is 0.0643 e. The van der Waals surface area contributed by atoms with Crippen molar-refractivity contribution in [3.8, 4) is 0 Å². The summed E-state index contributed by atoms with van der Waals surface area (Å²) < 4.78 is 2.08. The summed E-state index contributed by atoms with van der Waals surface area (Å²) in [6, 6.07) is 2.62. The van der Waals surface area contributed by atoms with E-state index in [1.165, 1.54) is 12.8 Å². The van der Waals surface area contributed by atoms with E-state index in [0.29, 0.717) is 12.0 Å². The summed E-state index contributed by atoms with van der Waals surface area (Å²) in [6.07, 6.45) is 7.85. The van der Waals surface area contributed by atoms with Gasteiger partial charge in [0.15, 0.2) is 0 Å². The van der Waals surface area contributed by atoms with Gasteiger partial charge in [-0.25, -0.2) is 0 Å². The molecule has 0 aliphatic heterocycles. The van der Waals surface area contributed by atoms with Crippen LogP contribution in [0, 0.1) is 11.8 Å². The zero-order chi connectivity index (χ0) is 14.0. The van der Waals surface area contributed by atoms with Crippen LogP contribution in [0.15, 0.2) is 12.3 Å². The molecule has 4 unspecified atom stereocenters. The van der Waals surface area contributed by atoms with Crippen molar-refractivity contribution in [2.75, 3.05) is 0 Å². The van der Waals surface area contributed by atoms with Crippen LogP contribution in [0.5, 0.6) is 0 Å². The van der Waals surface area contributed by atoms with Gasteiger partial charge in [0.2, 0.25) is 0 Å². The number of hydrogen-bond donors (Lipinski definition) is 1. The van der Waals surface area contributed by atoms with Crippen LogP contribution in [-0.4, -0.2) is 15.3 Å². The standard InChI is InChI=1S/C16H29N3/c1-5-13(3)19-10-8-15(18-19)11-16(17)9-6-7-12(2)14(16)4/h8,10,12-14H,5-7,9,11,17H2,1-4H3. The van der Waals surface area contributed by atoms with E-state index < -0.39 is 0 Å². The summed E-state index contributed by atoms with van der Waals surface area (Å²) in [5.41, 5.74) is 7.79. The first-order valence-electron chi connectivity index (χ1n) is 7.79. The van der Waals surface area contributed by atoms with Gasteiger partial charge in [-0.3, -0.25) is 4.68 Å². The first-order valence-corrected chi connectivity index (χ1v) is 7.79. The van der Waals surface area contributed by atoms with Crippen molar-refractivity contribution in [1.82, 2.24) is 9.78 Å². The third-order valence-electron chi connectivity index (χ3n) is 5.28. The Kier molecular flexibility index (Phi) is 4.34. The molecule has 0 aromatic carbocycles. The largest absolute Gasteiger partial charge is 0.324 e. The molecule has 2 rings (SSSR count). The molecule has 1 aromatic heterocycles. The van der Waals surface area contributed by atoms with Gasteiger partial charge in [0.05, 0.1) is 5.69 Å². The Labute approximate surface area is 117 Å². The van der Waals surface area contributed by atoms with E-state index in [2.05, 4.69) is 44.6 Å². The Bertz CT molecular complexity index is 412. The molecular formula is C16H29N3. The quantitative estimate of drug-likeness (QED) is 0.902. The van der Waals surface area contributed by atoms with E-state index in [0.717, 1.165) is 30.9 Å². The van der Waals surface area contributed by atoms with Crippen molar-refractivity contribution in [3.63, 3.8) is 0 Å². The van der Waals surface area contributed by atoms with Crippen LogP contribution in [-0.2, 0) is 6.42 Å².